The number of halogens is 1. The van der Waals surface area contributed by atoms with E-state index in [1.54, 1.807) is 0 Å². The molecule has 0 unspecified atom stereocenters. The van der Waals surface area contributed by atoms with Crippen molar-refractivity contribution in [3.05, 3.63) is 70.0 Å². The Morgan fingerprint density at radius 1 is 0.970 bits per heavy atom. The van der Waals surface area contributed by atoms with Gasteiger partial charge >= 0.3 is 0 Å². The summed E-state index contributed by atoms with van der Waals surface area (Å²) < 4.78 is 6.31. The van der Waals surface area contributed by atoms with Crippen LogP contribution in [-0.2, 0) is 12.0 Å². The van der Waals surface area contributed by atoms with E-state index in [2.05, 4.69) is 113 Å². The van der Waals surface area contributed by atoms with Crippen LogP contribution in [0, 0.1) is 0 Å². The van der Waals surface area contributed by atoms with Crippen LogP contribution in [0.2, 0.25) is 0 Å². The number of hydrogen-bond donors (Lipinski definition) is 0. The molecule has 0 radical (unpaired) electrons. The molecule has 0 amide bonds. The Bertz CT molecular complexity index is 1420. The van der Waals surface area contributed by atoms with Crippen molar-refractivity contribution in [2.45, 2.75) is 65.3 Å². The molecule has 5 rings (SSSR count). The molecule has 0 aliphatic carbocycles. The number of aromatic nitrogens is 1. The third-order valence-electron chi connectivity index (χ3n) is 7.34. The molecule has 0 N–H and O–H groups in total. The maximum atomic E-state index is 3.72. The predicted molar refractivity (Wildman–Crippen MR) is 146 cm³/mol. The van der Waals surface area contributed by atoms with E-state index in [1.807, 2.05) is 0 Å². The number of fused-ring (bicyclic) bond motifs is 1. The molecule has 33 heavy (non-hydrogen) atoms. The minimum absolute atomic E-state index is 0.0566. The zero-order valence-electron chi connectivity index (χ0n) is 20.3. The predicted octanol–water partition coefficient (Wildman–Crippen LogP) is 7.73. The molecule has 0 bridgehead atoms. The Hall–Kier alpha value is -2.39. The molecule has 1 aromatic heterocycles. The van der Waals surface area contributed by atoms with Crippen molar-refractivity contribution in [1.29, 1.82) is 0 Å². The summed E-state index contributed by atoms with van der Waals surface area (Å²) >= 11 is 3.72. The zero-order valence-corrected chi connectivity index (χ0v) is 21.9. The summed E-state index contributed by atoms with van der Waals surface area (Å²) in [6.07, 6.45) is 7.27. The summed E-state index contributed by atoms with van der Waals surface area (Å²) in [7, 11) is 0. The number of hydrogen-bond acceptors (Lipinski definition) is 0. The lowest BCUT2D eigenvalue weighted by Gasteiger charge is -2.16. The molecule has 1 aliphatic heterocycles. The van der Waals surface area contributed by atoms with Crippen LogP contribution in [0.5, 0.6) is 0 Å². The van der Waals surface area contributed by atoms with E-state index < -0.39 is 0 Å². The van der Waals surface area contributed by atoms with Crippen LogP contribution in [0.3, 0.4) is 0 Å². The van der Waals surface area contributed by atoms with E-state index in [1.165, 1.54) is 69.7 Å². The fourth-order valence-electron chi connectivity index (χ4n) is 5.54. The first kappa shape index (κ1) is 22.4. The Morgan fingerprint density at radius 2 is 1.73 bits per heavy atom. The normalized spacial score (nSPS) is 15.8. The van der Waals surface area contributed by atoms with Crippen LogP contribution >= 0.6 is 15.9 Å². The highest BCUT2D eigenvalue weighted by Gasteiger charge is 2.44. The Balaban J connectivity index is 1.84. The van der Waals surface area contributed by atoms with E-state index in [4.69, 9.17) is 0 Å². The molecule has 0 saturated heterocycles. The Kier molecular flexibility index (Phi) is 5.95. The van der Waals surface area contributed by atoms with Gasteiger partial charge in [0.05, 0.1) is 10.8 Å². The molecule has 1 aliphatic rings. The van der Waals surface area contributed by atoms with E-state index in [0.717, 1.165) is 17.6 Å². The van der Waals surface area contributed by atoms with E-state index in [0.29, 0.717) is 0 Å². The topological polar surface area (TPSA) is 7.94 Å². The van der Waals surface area contributed by atoms with Crippen LogP contribution in [0.15, 0.2) is 59.1 Å². The smallest absolute Gasteiger partial charge is 0.209 e. The molecule has 0 atom stereocenters. The van der Waals surface area contributed by atoms with Crippen LogP contribution in [0.25, 0.3) is 27.8 Å². The van der Waals surface area contributed by atoms with Gasteiger partial charge in [0.2, 0.25) is 5.69 Å². The number of unbranched alkanes of at least 4 members (excludes halogenated alkanes) is 2. The van der Waals surface area contributed by atoms with Crippen molar-refractivity contribution in [2.24, 2.45) is 0 Å². The molecule has 2 nitrogen and oxygen atoms in total. The third kappa shape index (κ3) is 3.65. The quantitative estimate of drug-likeness (QED) is 0.229. The van der Waals surface area contributed by atoms with Crippen molar-refractivity contribution in [2.75, 3.05) is 6.54 Å². The lowest BCUT2D eigenvalue weighted by atomic mass is 9.81. The van der Waals surface area contributed by atoms with Gasteiger partial charge in [-0.05, 0) is 43.9 Å². The zero-order chi connectivity index (χ0) is 23.2. The number of nitrogens with zero attached hydrogens (tertiary/aromatic N) is 2. The van der Waals surface area contributed by atoms with E-state index in [9.17, 15) is 0 Å². The van der Waals surface area contributed by atoms with Gasteiger partial charge in [-0.3, -0.25) is 0 Å². The lowest BCUT2D eigenvalue weighted by Crippen LogP contribution is -2.31. The molecule has 0 fully saturated rings. The van der Waals surface area contributed by atoms with Gasteiger partial charge in [0, 0.05) is 51.4 Å². The van der Waals surface area contributed by atoms with Crippen molar-refractivity contribution in [3.8, 4) is 0 Å². The van der Waals surface area contributed by atoms with Gasteiger partial charge in [-0.15, -0.1) is 0 Å². The Labute approximate surface area is 205 Å². The van der Waals surface area contributed by atoms with Crippen molar-refractivity contribution >= 4 is 55.1 Å². The molecular formula is C30H34BrN2+. The monoisotopic (exact) mass is 501 g/mol. The maximum absolute atomic E-state index is 3.72. The van der Waals surface area contributed by atoms with Gasteiger partial charge in [-0.25, -0.2) is 0 Å². The summed E-state index contributed by atoms with van der Waals surface area (Å²) in [4.78, 5) is 0. The molecule has 0 saturated carbocycles. The largest absolute Gasteiger partial charge is 0.340 e. The fraction of sp³-hybridized carbons (Fsp3) is 0.367. The van der Waals surface area contributed by atoms with E-state index >= 15 is 0 Å². The van der Waals surface area contributed by atoms with Gasteiger partial charge in [-0.2, -0.15) is 4.58 Å². The summed E-state index contributed by atoms with van der Waals surface area (Å²) in [6, 6.07) is 20.3. The first-order chi connectivity index (χ1) is 16.0. The number of aryl methyl sites for hydroxylation is 1. The standard InChI is InChI=1S/C30H34BrN2/c1-5-7-17-32-26-14-10-12-21-11-9-13-23(29(21)26)27(32)20-28-30(3,4)24-19-22(31)15-16-25(24)33(28)18-8-6-2/h9-16,19-20H,5-8,17-18H2,1-4H3/q+1. The van der Waals surface area contributed by atoms with E-state index in [-0.39, 0.29) is 5.41 Å². The molecular weight excluding hydrogens is 468 g/mol. The highest BCUT2D eigenvalue weighted by atomic mass is 79.9. The minimum atomic E-state index is -0.0566. The van der Waals surface area contributed by atoms with Gasteiger partial charge in [0.25, 0.3) is 0 Å². The van der Waals surface area contributed by atoms with Crippen LogP contribution in [0.1, 0.15) is 58.9 Å². The molecule has 170 valence electrons. The summed E-state index contributed by atoms with van der Waals surface area (Å²) in [6.45, 7) is 11.4. The fourth-order valence-corrected chi connectivity index (χ4v) is 5.90. The first-order valence-electron chi connectivity index (χ1n) is 12.4. The molecule has 0 spiro atoms. The lowest BCUT2D eigenvalue weighted by molar-refractivity contribution is -0.437. The molecule has 3 aromatic carbocycles. The van der Waals surface area contributed by atoms with Gasteiger partial charge in [0.15, 0.2) is 5.71 Å². The highest BCUT2D eigenvalue weighted by molar-refractivity contribution is 9.10. The highest BCUT2D eigenvalue weighted by Crippen LogP contribution is 2.41. The molecule has 2 heterocycles. The summed E-state index contributed by atoms with van der Waals surface area (Å²) in [5, 5.41) is 5.46. The SMILES string of the molecule is CCCCn1/c(=C/C2=[N+](CCCC)c3ccc(Br)cc3C2(C)C)c2cccc3cccc1c32. The van der Waals surface area contributed by atoms with Gasteiger partial charge in [0.1, 0.15) is 6.54 Å². The van der Waals surface area contributed by atoms with Crippen LogP contribution < -0.4 is 5.35 Å². The summed E-state index contributed by atoms with van der Waals surface area (Å²) in [5.41, 5.74) is 5.48. The van der Waals surface area contributed by atoms with Crippen LogP contribution in [-0.4, -0.2) is 21.4 Å². The first-order valence-corrected chi connectivity index (χ1v) is 13.2. The molecule has 4 aromatic rings. The van der Waals surface area contributed by atoms with Gasteiger partial charge in [-0.1, -0.05) is 73.0 Å². The number of benzene rings is 3. The minimum Gasteiger partial charge on any atom is -0.340 e. The second-order valence-corrected chi connectivity index (χ2v) is 10.8. The van der Waals surface area contributed by atoms with Crippen molar-refractivity contribution < 1.29 is 4.58 Å². The average molecular weight is 503 g/mol. The third-order valence-corrected chi connectivity index (χ3v) is 7.83. The second-order valence-electron chi connectivity index (χ2n) is 9.89. The Morgan fingerprint density at radius 3 is 2.48 bits per heavy atom. The van der Waals surface area contributed by atoms with Crippen molar-refractivity contribution in [1.82, 2.24) is 4.57 Å². The maximum Gasteiger partial charge on any atom is 0.209 e. The van der Waals surface area contributed by atoms with Crippen molar-refractivity contribution in [3.63, 3.8) is 0 Å². The number of rotatable bonds is 7. The molecule has 3 heteroatoms. The average Bonchev–Trinajstić information content (AvgIpc) is 3.22. The van der Waals surface area contributed by atoms with Crippen LogP contribution in [0.4, 0.5) is 5.69 Å². The second kappa shape index (κ2) is 8.76. The summed E-state index contributed by atoms with van der Waals surface area (Å²) in [5.74, 6) is 0. The van der Waals surface area contributed by atoms with Gasteiger partial charge < -0.3 is 4.57 Å².